The molecular weight excluding hydrogens is 366 g/mol. The maximum absolute atomic E-state index is 12.8. The van der Waals surface area contributed by atoms with Crippen molar-refractivity contribution in [3.63, 3.8) is 0 Å². The van der Waals surface area contributed by atoms with Gasteiger partial charge in [-0.05, 0) is 17.7 Å². The van der Waals surface area contributed by atoms with Crippen molar-refractivity contribution in [1.29, 1.82) is 0 Å². The number of pyridine rings is 1. The van der Waals surface area contributed by atoms with Crippen molar-refractivity contribution in [1.82, 2.24) is 4.57 Å². The number of methoxy groups -OCH3 is 3. The van der Waals surface area contributed by atoms with E-state index in [-0.39, 0.29) is 5.43 Å². The Bertz CT molecular complexity index is 1200. The highest BCUT2D eigenvalue weighted by atomic mass is 16.5. The van der Waals surface area contributed by atoms with Crippen LogP contribution in [0.5, 0.6) is 17.2 Å². The fraction of sp³-hybridized carbons (Fsp3) is 0.125. The number of benzene rings is 3. The average molecular weight is 387 g/mol. The molecule has 1 aromatic heterocycles. The van der Waals surface area contributed by atoms with Crippen molar-refractivity contribution in [2.75, 3.05) is 21.3 Å². The molecule has 146 valence electrons. The van der Waals surface area contributed by atoms with Gasteiger partial charge in [0.1, 0.15) is 0 Å². The van der Waals surface area contributed by atoms with Crippen LogP contribution < -0.4 is 19.6 Å². The first-order chi connectivity index (χ1) is 14.2. The first-order valence-corrected chi connectivity index (χ1v) is 9.18. The Morgan fingerprint density at radius 1 is 0.724 bits per heavy atom. The number of fused-ring (bicyclic) bond motifs is 1. The third-order valence-corrected chi connectivity index (χ3v) is 4.90. The molecule has 0 fully saturated rings. The van der Waals surface area contributed by atoms with Crippen LogP contribution in [0.1, 0.15) is 0 Å². The van der Waals surface area contributed by atoms with Crippen molar-refractivity contribution in [2.24, 2.45) is 0 Å². The van der Waals surface area contributed by atoms with Crippen molar-refractivity contribution in [3.05, 3.63) is 83.0 Å². The summed E-state index contributed by atoms with van der Waals surface area (Å²) in [6.45, 7) is 0. The van der Waals surface area contributed by atoms with E-state index in [4.69, 9.17) is 14.2 Å². The van der Waals surface area contributed by atoms with E-state index in [1.165, 1.54) is 0 Å². The van der Waals surface area contributed by atoms with Crippen LogP contribution in [0.15, 0.2) is 77.6 Å². The molecular formula is C24H21NO4. The molecule has 5 nitrogen and oxygen atoms in total. The lowest BCUT2D eigenvalue weighted by molar-refractivity contribution is 0.324. The number of ether oxygens (including phenoxy) is 3. The summed E-state index contributed by atoms with van der Waals surface area (Å²) in [5.41, 5.74) is 3.29. The molecule has 1 heterocycles. The summed E-state index contributed by atoms with van der Waals surface area (Å²) in [6.07, 6.45) is 0. The van der Waals surface area contributed by atoms with Crippen LogP contribution in [0.25, 0.3) is 27.8 Å². The summed E-state index contributed by atoms with van der Waals surface area (Å²) in [6, 6.07) is 22.8. The van der Waals surface area contributed by atoms with Crippen LogP contribution >= 0.6 is 0 Å². The molecule has 0 bridgehead atoms. The van der Waals surface area contributed by atoms with E-state index in [0.29, 0.717) is 22.6 Å². The lowest BCUT2D eigenvalue weighted by Crippen LogP contribution is -2.11. The van der Waals surface area contributed by atoms with Gasteiger partial charge in [0.15, 0.2) is 16.9 Å². The molecule has 0 aliphatic rings. The Morgan fingerprint density at radius 3 is 1.97 bits per heavy atom. The van der Waals surface area contributed by atoms with Gasteiger partial charge in [0.05, 0.1) is 38.2 Å². The molecule has 0 spiro atoms. The predicted molar refractivity (Wildman–Crippen MR) is 115 cm³/mol. The van der Waals surface area contributed by atoms with Gasteiger partial charge in [-0.2, -0.15) is 0 Å². The minimum atomic E-state index is -0.0249. The fourth-order valence-corrected chi connectivity index (χ4v) is 3.57. The smallest absolute Gasteiger partial charge is 0.203 e. The predicted octanol–water partition coefficient (Wildman–Crippen LogP) is 4.68. The highest BCUT2D eigenvalue weighted by Gasteiger charge is 2.18. The Balaban J connectivity index is 2.13. The van der Waals surface area contributed by atoms with Gasteiger partial charge in [0, 0.05) is 23.6 Å². The number of aromatic nitrogens is 1. The highest BCUT2D eigenvalue weighted by Crippen LogP contribution is 2.40. The molecule has 0 amide bonds. The lowest BCUT2D eigenvalue weighted by atomic mass is 10.1. The molecule has 0 N–H and O–H groups in total. The van der Waals surface area contributed by atoms with E-state index in [1.54, 1.807) is 27.4 Å². The maximum Gasteiger partial charge on any atom is 0.203 e. The average Bonchev–Trinajstić information content (AvgIpc) is 2.78. The summed E-state index contributed by atoms with van der Waals surface area (Å²) in [5.74, 6) is 1.61. The van der Waals surface area contributed by atoms with Crippen LogP contribution in [0, 0.1) is 0 Å². The second kappa shape index (κ2) is 7.72. The molecule has 29 heavy (non-hydrogen) atoms. The Kier molecular flexibility index (Phi) is 4.96. The Labute approximate surface area is 168 Å². The van der Waals surface area contributed by atoms with Crippen LogP contribution in [0.4, 0.5) is 0 Å². The zero-order chi connectivity index (χ0) is 20.4. The first kappa shape index (κ1) is 18.6. The molecule has 4 rings (SSSR count). The quantitative estimate of drug-likeness (QED) is 0.499. The van der Waals surface area contributed by atoms with Gasteiger partial charge >= 0.3 is 0 Å². The lowest BCUT2D eigenvalue weighted by Gasteiger charge is -2.20. The van der Waals surface area contributed by atoms with Crippen molar-refractivity contribution in [2.45, 2.75) is 0 Å². The number of para-hydroxylation sites is 1. The summed E-state index contributed by atoms with van der Waals surface area (Å²) < 4.78 is 18.6. The van der Waals surface area contributed by atoms with Crippen LogP contribution in [-0.4, -0.2) is 25.9 Å². The van der Waals surface area contributed by atoms with E-state index in [1.807, 2.05) is 71.3 Å². The summed E-state index contributed by atoms with van der Waals surface area (Å²) >= 11 is 0. The highest BCUT2D eigenvalue weighted by molar-refractivity contribution is 5.85. The fourth-order valence-electron chi connectivity index (χ4n) is 3.57. The third-order valence-electron chi connectivity index (χ3n) is 4.90. The van der Waals surface area contributed by atoms with E-state index in [0.717, 1.165) is 22.5 Å². The largest absolute Gasteiger partial charge is 0.493 e. The topological polar surface area (TPSA) is 49.7 Å². The normalized spacial score (nSPS) is 10.7. The molecule has 0 atom stereocenters. The second-order valence-electron chi connectivity index (χ2n) is 6.50. The standard InChI is InChI=1S/C24H21NO4/c1-27-22-13-17(14-23(28-2)24(22)29-3)25-19-12-8-7-11-18(19)21(26)15-20(25)16-9-5-4-6-10-16/h4-15H,1-3H3. The molecule has 0 unspecified atom stereocenters. The monoisotopic (exact) mass is 387 g/mol. The third kappa shape index (κ3) is 3.21. The maximum atomic E-state index is 12.8. The number of hydrogen-bond donors (Lipinski definition) is 0. The molecule has 0 radical (unpaired) electrons. The Hall–Kier alpha value is -3.73. The van der Waals surface area contributed by atoms with Crippen LogP contribution in [-0.2, 0) is 0 Å². The van der Waals surface area contributed by atoms with Gasteiger partial charge in [-0.1, -0.05) is 42.5 Å². The molecule has 0 saturated carbocycles. The van der Waals surface area contributed by atoms with Crippen LogP contribution in [0.3, 0.4) is 0 Å². The number of rotatable bonds is 5. The number of nitrogens with zero attached hydrogens (tertiary/aromatic N) is 1. The van der Waals surface area contributed by atoms with Crippen molar-refractivity contribution >= 4 is 10.9 Å². The molecule has 3 aromatic carbocycles. The minimum absolute atomic E-state index is 0.0249. The van der Waals surface area contributed by atoms with Gasteiger partial charge in [0.2, 0.25) is 5.75 Å². The van der Waals surface area contributed by atoms with Crippen molar-refractivity contribution in [3.8, 4) is 34.2 Å². The Morgan fingerprint density at radius 2 is 1.34 bits per heavy atom. The van der Waals surface area contributed by atoms with Crippen LogP contribution in [0.2, 0.25) is 0 Å². The minimum Gasteiger partial charge on any atom is -0.493 e. The van der Waals surface area contributed by atoms with E-state index in [2.05, 4.69) is 0 Å². The van der Waals surface area contributed by atoms with E-state index < -0.39 is 0 Å². The number of hydrogen-bond acceptors (Lipinski definition) is 4. The molecule has 0 saturated heterocycles. The van der Waals surface area contributed by atoms with E-state index >= 15 is 0 Å². The van der Waals surface area contributed by atoms with Gasteiger partial charge in [0.25, 0.3) is 0 Å². The van der Waals surface area contributed by atoms with Gasteiger partial charge in [-0.25, -0.2) is 0 Å². The second-order valence-corrected chi connectivity index (χ2v) is 6.50. The summed E-state index contributed by atoms with van der Waals surface area (Å²) in [7, 11) is 4.75. The first-order valence-electron chi connectivity index (χ1n) is 9.18. The van der Waals surface area contributed by atoms with Crippen molar-refractivity contribution < 1.29 is 14.2 Å². The van der Waals surface area contributed by atoms with E-state index in [9.17, 15) is 4.79 Å². The molecule has 4 aromatic rings. The zero-order valence-electron chi connectivity index (χ0n) is 16.5. The molecule has 0 aliphatic carbocycles. The van der Waals surface area contributed by atoms with Gasteiger partial charge in [-0.3, -0.25) is 4.79 Å². The molecule has 5 heteroatoms. The summed E-state index contributed by atoms with van der Waals surface area (Å²) in [5, 5.41) is 0.640. The summed E-state index contributed by atoms with van der Waals surface area (Å²) in [4.78, 5) is 12.8. The van der Waals surface area contributed by atoms with Gasteiger partial charge < -0.3 is 18.8 Å². The zero-order valence-corrected chi connectivity index (χ0v) is 16.5. The SMILES string of the molecule is COc1cc(-n2c(-c3ccccc3)cc(=O)c3ccccc32)cc(OC)c1OC. The molecule has 0 aliphatic heterocycles. The van der Waals surface area contributed by atoms with Gasteiger partial charge in [-0.15, -0.1) is 0 Å².